The fourth-order valence-electron chi connectivity index (χ4n) is 4.52. The molecule has 0 unspecified atom stereocenters. The number of aryl methyl sites for hydroxylation is 2. The van der Waals surface area contributed by atoms with Crippen LogP contribution in [0, 0.1) is 0 Å². The number of carbonyl (C=O) groups is 1. The Balaban J connectivity index is 1.49. The monoisotopic (exact) mass is 345 g/mol. The third-order valence-electron chi connectivity index (χ3n) is 5.90. The van der Waals surface area contributed by atoms with Crippen LogP contribution in [0.2, 0.25) is 0 Å². The molecule has 0 saturated carbocycles. The van der Waals surface area contributed by atoms with E-state index in [0.29, 0.717) is 26.1 Å². The second kappa shape index (κ2) is 6.57. The molecule has 1 atom stereocenters. The largest absolute Gasteiger partial charge is 0.387 e. The summed E-state index contributed by atoms with van der Waals surface area (Å²) in [4.78, 5) is 32.0. The highest BCUT2D eigenvalue weighted by molar-refractivity contribution is 5.94. The van der Waals surface area contributed by atoms with E-state index in [1.165, 1.54) is 12.8 Å². The molecule has 1 aliphatic carbocycles. The molecule has 2 N–H and O–H groups in total. The highest BCUT2D eigenvalue weighted by atomic mass is 16.3. The fraction of sp³-hybridized carbons (Fsp3) is 0.684. The van der Waals surface area contributed by atoms with Gasteiger partial charge in [0.05, 0.1) is 12.1 Å². The molecule has 3 heterocycles. The Morgan fingerprint density at radius 2 is 1.92 bits per heavy atom. The lowest BCUT2D eigenvalue weighted by molar-refractivity contribution is 0.0175. The zero-order chi connectivity index (χ0) is 17.4. The van der Waals surface area contributed by atoms with Gasteiger partial charge in [0.15, 0.2) is 0 Å². The molecule has 1 aromatic rings. The van der Waals surface area contributed by atoms with Gasteiger partial charge in [-0.25, -0.2) is 0 Å². The summed E-state index contributed by atoms with van der Waals surface area (Å²) in [5.41, 5.74) is 1.17. The molecular formula is C19H27N3O3. The van der Waals surface area contributed by atoms with E-state index in [2.05, 4.69) is 9.88 Å². The molecule has 1 aromatic heterocycles. The van der Waals surface area contributed by atoms with Gasteiger partial charge in [-0.2, -0.15) is 0 Å². The smallest absolute Gasteiger partial charge is 0.261 e. The molecule has 2 aliphatic heterocycles. The van der Waals surface area contributed by atoms with Gasteiger partial charge in [-0.1, -0.05) is 0 Å². The summed E-state index contributed by atoms with van der Waals surface area (Å²) in [6.07, 6.45) is 6.95. The number of hydrogen-bond donors (Lipinski definition) is 2. The number of likely N-dealkylation sites (tertiary alicyclic amines) is 2. The maximum atomic E-state index is 12.9. The molecule has 4 rings (SSSR count). The van der Waals surface area contributed by atoms with E-state index in [0.717, 1.165) is 50.0 Å². The number of hydrogen-bond acceptors (Lipinski definition) is 4. The zero-order valence-corrected chi connectivity index (χ0v) is 14.7. The van der Waals surface area contributed by atoms with Crippen molar-refractivity contribution in [1.82, 2.24) is 14.8 Å². The molecule has 0 spiro atoms. The van der Waals surface area contributed by atoms with E-state index >= 15 is 0 Å². The molecule has 6 nitrogen and oxygen atoms in total. The fourth-order valence-corrected chi connectivity index (χ4v) is 4.52. The summed E-state index contributed by atoms with van der Waals surface area (Å²) in [5.74, 6) is -0.244. The number of carbonyl (C=O) groups excluding carboxylic acids is 1. The van der Waals surface area contributed by atoms with Crippen molar-refractivity contribution in [1.29, 1.82) is 0 Å². The van der Waals surface area contributed by atoms with Gasteiger partial charge in [0.1, 0.15) is 5.56 Å². The lowest BCUT2D eigenvalue weighted by atomic mass is 9.95. The average molecular weight is 345 g/mol. The van der Waals surface area contributed by atoms with Crippen molar-refractivity contribution in [3.05, 3.63) is 33.2 Å². The number of fused-ring (bicyclic) bond motifs is 1. The SMILES string of the molecule is O=C(c1cc2c([nH]c1=O)CCCC2)N1CC[C@@](O)(CN2CCCC2)C1. The number of nitrogens with zero attached hydrogens (tertiary/aromatic N) is 2. The Morgan fingerprint density at radius 1 is 1.16 bits per heavy atom. The topological polar surface area (TPSA) is 76.6 Å². The van der Waals surface area contributed by atoms with E-state index in [4.69, 9.17) is 0 Å². The summed E-state index contributed by atoms with van der Waals surface area (Å²) in [5, 5.41) is 10.9. The van der Waals surface area contributed by atoms with Crippen molar-refractivity contribution in [2.75, 3.05) is 32.7 Å². The molecule has 0 aromatic carbocycles. The molecule has 2 saturated heterocycles. The van der Waals surface area contributed by atoms with Crippen LogP contribution < -0.4 is 5.56 Å². The standard InChI is InChI=1S/C19H27N3O3/c23-17-15(11-14-5-1-2-6-16(14)20-17)18(24)22-10-7-19(25,13-22)12-21-8-3-4-9-21/h11,25H,1-10,12-13H2,(H,20,23)/t19-/m1/s1. The number of aromatic nitrogens is 1. The van der Waals surface area contributed by atoms with E-state index in [1.54, 1.807) is 11.0 Å². The second-order valence-electron chi connectivity index (χ2n) is 7.91. The summed E-state index contributed by atoms with van der Waals surface area (Å²) in [6, 6.07) is 1.79. The summed E-state index contributed by atoms with van der Waals surface area (Å²) in [6.45, 7) is 3.51. The first-order valence-electron chi connectivity index (χ1n) is 9.53. The molecule has 0 radical (unpaired) electrons. The van der Waals surface area contributed by atoms with Crippen molar-refractivity contribution in [2.45, 2.75) is 50.5 Å². The first-order chi connectivity index (χ1) is 12.0. The quantitative estimate of drug-likeness (QED) is 0.854. The number of amides is 1. The lowest BCUT2D eigenvalue weighted by Crippen LogP contribution is -2.45. The van der Waals surface area contributed by atoms with Crippen molar-refractivity contribution in [2.24, 2.45) is 0 Å². The van der Waals surface area contributed by atoms with E-state index < -0.39 is 5.60 Å². The summed E-state index contributed by atoms with van der Waals surface area (Å²) >= 11 is 0. The number of aliphatic hydroxyl groups is 1. The molecular weight excluding hydrogens is 318 g/mol. The second-order valence-corrected chi connectivity index (χ2v) is 7.91. The van der Waals surface area contributed by atoms with Crippen molar-refractivity contribution in [3.8, 4) is 0 Å². The van der Waals surface area contributed by atoms with Crippen LogP contribution in [0.3, 0.4) is 0 Å². The first kappa shape index (κ1) is 16.8. The van der Waals surface area contributed by atoms with Crippen LogP contribution in [0.15, 0.2) is 10.9 Å². The normalized spacial score (nSPS) is 26.8. The summed E-state index contributed by atoms with van der Waals surface area (Å²) in [7, 11) is 0. The summed E-state index contributed by atoms with van der Waals surface area (Å²) < 4.78 is 0. The van der Waals surface area contributed by atoms with E-state index in [-0.39, 0.29) is 17.0 Å². The minimum absolute atomic E-state index is 0.228. The van der Waals surface area contributed by atoms with Gasteiger partial charge in [0, 0.05) is 18.8 Å². The van der Waals surface area contributed by atoms with E-state index in [1.807, 2.05) is 0 Å². The van der Waals surface area contributed by atoms with Gasteiger partial charge < -0.3 is 19.9 Å². The number of rotatable bonds is 3. The van der Waals surface area contributed by atoms with Crippen LogP contribution in [0.5, 0.6) is 0 Å². The molecule has 1 amide bonds. The van der Waals surface area contributed by atoms with Crippen LogP contribution in [0.4, 0.5) is 0 Å². The van der Waals surface area contributed by atoms with Crippen LogP contribution in [0.25, 0.3) is 0 Å². The number of nitrogens with one attached hydrogen (secondary N) is 1. The van der Waals surface area contributed by atoms with Gasteiger partial charge >= 0.3 is 0 Å². The Bertz CT molecular complexity index is 723. The third-order valence-corrected chi connectivity index (χ3v) is 5.90. The third kappa shape index (κ3) is 3.37. The minimum atomic E-state index is -0.846. The van der Waals surface area contributed by atoms with Gasteiger partial charge in [-0.3, -0.25) is 9.59 Å². The maximum absolute atomic E-state index is 12.9. The number of β-amino-alcohol motifs (C(OH)–C–C–N with tert-alkyl or cyclic N) is 1. The van der Waals surface area contributed by atoms with Gasteiger partial charge in [0.25, 0.3) is 11.5 Å². The molecule has 6 heteroatoms. The predicted octanol–water partition coefficient (Wildman–Crippen LogP) is 0.926. The Kier molecular flexibility index (Phi) is 4.41. The van der Waals surface area contributed by atoms with Crippen LogP contribution in [-0.4, -0.2) is 64.1 Å². The molecule has 3 aliphatic rings. The van der Waals surface area contributed by atoms with Crippen molar-refractivity contribution < 1.29 is 9.90 Å². The first-order valence-corrected chi connectivity index (χ1v) is 9.53. The van der Waals surface area contributed by atoms with Gasteiger partial charge in [0.2, 0.25) is 0 Å². The predicted molar refractivity (Wildman–Crippen MR) is 94.8 cm³/mol. The Labute approximate surface area is 147 Å². The van der Waals surface area contributed by atoms with Crippen LogP contribution in [-0.2, 0) is 12.8 Å². The van der Waals surface area contributed by atoms with Crippen molar-refractivity contribution >= 4 is 5.91 Å². The molecule has 0 bridgehead atoms. The number of H-pyrrole nitrogens is 1. The Morgan fingerprint density at radius 3 is 2.72 bits per heavy atom. The van der Waals surface area contributed by atoms with Gasteiger partial charge in [-0.05, 0) is 69.7 Å². The molecule has 25 heavy (non-hydrogen) atoms. The van der Waals surface area contributed by atoms with Crippen molar-refractivity contribution in [3.63, 3.8) is 0 Å². The highest BCUT2D eigenvalue weighted by Crippen LogP contribution is 2.26. The van der Waals surface area contributed by atoms with Gasteiger partial charge in [-0.15, -0.1) is 0 Å². The highest BCUT2D eigenvalue weighted by Gasteiger charge is 2.40. The minimum Gasteiger partial charge on any atom is -0.387 e. The number of aromatic amines is 1. The van der Waals surface area contributed by atoms with Crippen LogP contribution in [0.1, 0.15) is 53.7 Å². The zero-order valence-electron chi connectivity index (χ0n) is 14.7. The van der Waals surface area contributed by atoms with E-state index in [9.17, 15) is 14.7 Å². The maximum Gasteiger partial charge on any atom is 0.261 e. The Hall–Kier alpha value is -1.66. The lowest BCUT2D eigenvalue weighted by Gasteiger charge is -2.28. The molecule has 136 valence electrons. The molecule has 2 fully saturated rings. The number of pyridine rings is 1. The van der Waals surface area contributed by atoms with Crippen LogP contribution >= 0.6 is 0 Å². The average Bonchev–Trinajstić information content (AvgIpc) is 3.23.